The van der Waals surface area contributed by atoms with E-state index in [4.69, 9.17) is 11.5 Å². The molecule has 3 unspecified atom stereocenters. The van der Waals surface area contributed by atoms with E-state index in [-0.39, 0.29) is 11.9 Å². The van der Waals surface area contributed by atoms with E-state index in [2.05, 4.69) is 5.32 Å². The Bertz CT molecular complexity index is 196. The smallest absolute Gasteiger partial charge is 0.218 e. The number of carbonyl (C=O) groups is 1. The number of rotatable bonds is 5. The lowest BCUT2D eigenvalue weighted by Gasteiger charge is -2.23. The van der Waals surface area contributed by atoms with E-state index in [0.717, 1.165) is 6.54 Å². The summed E-state index contributed by atoms with van der Waals surface area (Å²) in [5.41, 5.74) is 10.8. The first-order valence-corrected chi connectivity index (χ1v) is 5.38. The molecule has 0 spiro atoms. The number of hydrogen-bond donors (Lipinski definition) is 3. The highest BCUT2D eigenvalue weighted by molar-refractivity contribution is 5.74. The summed E-state index contributed by atoms with van der Waals surface area (Å²) >= 11 is 0. The van der Waals surface area contributed by atoms with Crippen molar-refractivity contribution >= 4 is 5.91 Å². The third-order valence-corrected chi connectivity index (χ3v) is 2.97. The van der Waals surface area contributed by atoms with Crippen molar-refractivity contribution in [2.24, 2.45) is 17.4 Å². The van der Waals surface area contributed by atoms with Gasteiger partial charge in [0.2, 0.25) is 5.91 Å². The van der Waals surface area contributed by atoms with Gasteiger partial charge in [0.1, 0.15) is 0 Å². The van der Waals surface area contributed by atoms with Gasteiger partial charge in [0, 0.05) is 18.5 Å². The SMILES string of the molecule is CC(CC(N)=O)NC1CCCC1CN. The molecule has 0 radical (unpaired) electrons. The van der Waals surface area contributed by atoms with Gasteiger partial charge < -0.3 is 16.8 Å². The molecule has 1 aliphatic carbocycles. The fraction of sp³-hybridized carbons (Fsp3) is 0.900. The lowest BCUT2D eigenvalue weighted by Crippen LogP contribution is -2.42. The molecule has 0 heterocycles. The molecule has 3 atom stereocenters. The van der Waals surface area contributed by atoms with Crippen LogP contribution in [-0.2, 0) is 4.79 Å². The summed E-state index contributed by atoms with van der Waals surface area (Å²) in [6, 6.07) is 0.652. The van der Waals surface area contributed by atoms with Crippen LogP contribution in [0.4, 0.5) is 0 Å². The van der Waals surface area contributed by atoms with Crippen molar-refractivity contribution in [1.29, 1.82) is 0 Å². The van der Waals surface area contributed by atoms with E-state index in [9.17, 15) is 4.79 Å². The van der Waals surface area contributed by atoms with Crippen molar-refractivity contribution < 1.29 is 4.79 Å². The second-order valence-corrected chi connectivity index (χ2v) is 4.27. The second kappa shape index (κ2) is 5.32. The van der Waals surface area contributed by atoms with Gasteiger partial charge in [-0.15, -0.1) is 0 Å². The minimum Gasteiger partial charge on any atom is -0.370 e. The number of nitrogens with two attached hydrogens (primary N) is 2. The molecule has 0 aromatic heterocycles. The first-order valence-electron chi connectivity index (χ1n) is 5.38. The molecule has 0 aromatic carbocycles. The topological polar surface area (TPSA) is 81.1 Å². The van der Waals surface area contributed by atoms with Crippen molar-refractivity contribution in [3.63, 3.8) is 0 Å². The third-order valence-electron chi connectivity index (χ3n) is 2.97. The van der Waals surface area contributed by atoms with E-state index in [1.807, 2.05) is 6.92 Å². The molecule has 0 saturated heterocycles. The van der Waals surface area contributed by atoms with Gasteiger partial charge in [-0.3, -0.25) is 4.79 Å². The van der Waals surface area contributed by atoms with E-state index >= 15 is 0 Å². The van der Waals surface area contributed by atoms with Gasteiger partial charge in [-0.25, -0.2) is 0 Å². The van der Waals surface area contributed by atoms with Gasteiger partial charge in [0.15, 0.2) is 0 Å². The number of amides is 1. The average Bonchev–Trinajstić information content (AvgIpc) is 2.50. The van der Waals surface area contributed by atoms with Gasteiger partial charge in [0.05, 0.1) is 0 Å². The molecule has 1 saturated carbocycles. The lowest BCUT2D eigenvalue weighted by molar-refractivity contribution is -0.118. The van der Waals surface area contributed by atoms with Crippen LogP contribution in [0.3, 0.4) is 0 Å². The molecule has 1 rings (SSSR count). The van der Waals surface area contributed by atoms with Crippen molar-refractivity contribution in [2.75, 3.05) is 6.54 Å². The van der Waals surface area contributed by atoms with Gasteiger partial charge >= 0.3 is 0 Å². The molecule has 1 aliphatic rings. The summed E-state index contributed by atoms with van der Waals surface area (Å²) in [5, 5.41) is 3.43. The van der Waals surface area contributed by atoms with Crippen LogP contribution in [0.25, 0.3) is 0 Å². The predicted molar refractivity (Wildman–Crippen MR) is 56.6 cm³/mol. The van der Waals surface area contributed by atoms with Crippen LogP contribution >= 0.6 is 0 Å². The van der Waals surface area contributed by atoms with Gasteiger partial charge in [-0.2, -0.15) is 0 Å². The minimum atomic E-state index is -0.243. The van der Waals surface area contributed by atoms with Gasteiger partial charge in [0.25, 0.3) is 0 Å². The minimum absolute atomic E-state index is 0.171. The summed E-state index contributed by atoms with van der Waals surface area (Å²) in [6.45, 7) is 2.73. The largest absolute Gasteiger partial charge is 0.370 e. The Morgan fingerprint density at radius 1 is 1.57 bits per heavy atom. The molecular formula is C10H21N3O. The van der Waals surface area contributed by atoms with E-state index in [1.54, 1.807) is 0 Å². The Morgan fingerprint density at radius 2 is 2.29 bits per heavy atom. The molecule has 0 aromatic rings. The summed E-state index contributed by atoms with van der Waals surface area (Å²) in [5.74, 6) is 0.331. The number of nitrogens with one attached hydrogen (secondary N) is 1. The van der Waals surface area contributed by atoms with Crippen molar-refractivity contribution in [3.05, 3.63) is 0 Å². The van der Waals surface area contributed by atoms with Gasteiger partial charge in [-0.05, 0) is 32.2 Å². The lowest BCUT2D eigenvalue weighted by atomic mass is 10.0. The molecule has 5 N–H and O–H groups in total. The van der Waals surface area contributed by atoms with E-state index < -0.39 is 0 Å². The highest BCUT2D eigenvalue weighted by Crippen LogP contribution is 2.25. The summed E-state index contributed by atoms with van der Waals surface area (Å²) < 4.78 is 0. The highest BCUT2D eigenvalue weighted by atomic mass is 16.1. The van der Waals surface area contributed by atoms with Crippen LogP contribution < -0.4 is 16.8 Å². The zero-order chi connectivity index (χ0) is 10.6. The Hall–Kier alpha value is -0.610. The standard InChI is InChI=1S/C10H21N3O/c1-7(5-10(12)14)13-9-4-2-3-8(9)6-11/h7-9,13H,2-6,11H2,1H3,(H2,12,14). The zero-order valence-corrected chi connectivity index (χ0v) is 8.83. The highest BCUT2D eigenvalue weighted by Gasteiger charge is 2.26. The molecule has 4 nitrogen and oxygen atoms in total. The van der Waals surface area contributed by atoms with Crippen LogP contribution in [0.1, 0.15) is 32.6 Å². The van der Waals surface area contributed by atoms with E-state index in [1.165, 1.54) is 19.3 Å². The van der Waals surface area contributed by atoms with Crippen LogP contribution in [0.15, 0.2) is 0 Å². The summed E-state index contributed by atoms with van der Waals surface area (Å²) in [7, 11) is 0. The van der Waals surface area contributed by atoms with E-state index in [0.29, 0.717) is 18.4 Å². The van der Waals surface area contributed by atoms with Crippen LogP contribution in [0.2, 0.25) is 0 Å². The first kappa shape index (κ1) is 11.5. The monoisotopic (exact) mass is 199 g/mol. The Morgan fingerprint density at radius 3 is 2.86 bits per heavy atom. The zero-order valence-electron chi connectivity index (χ0n) is 8.83. The van der Waals surface area contributed by atoms with Gasteiger partial charge in [-0.1, -0.05) is 6.42 Å². The van der Waals surface area contributed by atoms with Crippen molar-refractivity contribution in [2.45, 2.75) is 44.7 Å². The van der Waals surface area contributed by atoms with Crippen LogP contribution in [0, 0.1) is 5.92 Å². The maximum atomic E-state index is 10.7. The third kappa shape index (κ3) is 3.27. The number of carbonyl (C=O) groups excluding carboxylic acids is 1. The predicted octanol–water partition coefficient (Wildman–Crippen LogP) is -0.0327. The number of primary amides is 1. The Kier molecular flexibility index (Phi) is 4.35. The fourth-order valence-corrected chi connectivity index (χ4v) is 2.26. The molecular weight excluding hydrogens is 178 g/mol. The molecule has 14 heavy (non-hydrogen) atoms. The molecule has 1 fully saturated rings. The maximum Gasteiger partial charge on any atom is 0.218 e. The second-order valence-electron chi connectivity index (χ2n) is 4.27. The maximum absolute atomic E-state index is 10.7. The fourth-order valence-electron chi connectivity index (χ4n) is 2.26. The van der Waals surface area contributed by atoms with Crippen molar-refractivity contribution in [3.8, 4) is 0 Å². The molecule has 0 aliphatic heterocycles. The Labute approximate surface area is 85.4 Å². The van der Waals surface area contributed by atoms with Crippen LogP contribution in [-0.4, -0.2) is 24.5 Å². The molecule has 82 valence electrons. The summed E-state index contributed by atoms with van der Waals surface area (Å²) in [4.78, 5) is 10.7. The van der Waals surface area contributed by atoms with Crippen LogP contribution in [0.5, 0.6) is 0 Å². The molecule has 0 bridgehead atoms. The normalized spacial score (nSPS) is 29.0. The quantitative estimate of drug-likeness (QED) is 0.581. The molecule has 4 heteroatoms. The number of hydrogen-bond acceptors (Lipinski definition) is 3. The summed E-state index contributed by atoms with van der Waals surface area (Å²) in [6.07, 6.45) is 4.03. The average molecular weight is 199 g/mol. The molecule has 1 amide bonds. The van der Waals surface area contributed by atoms with Crippen molar-refractivity contribution in [1.82, 2.24) is 5.32 Å². The first-order chi connectivity index (χ1) is 6.63. The Balaban J connectivity index is 2.31.